The van der Waals surface area contributed by atoms with E-state index in [4.69, 9.17) is 4.74 Å². The Morgan fingerprint density at radius 2 is 2.08 bits per heavy atom. The van der Waals surface area contributed by atoms with Gasteiger partial charge >= 0.3 is 5.97 Å². The highest BCUT2D eigenvalue weighted by atomic mass is 127. The van der Waals surface area contributed by atoms with Gasteiger partial charge in [-0.2, -0.15) is 0 Å². The van der Waals surface area contributed by atoms with Crippen LogP contribution in [-0.2, 0) is 14.3 Å². The molecule has 0 radical (unpaired) electrons. The van der Waals surface area contributed by atoms with Crippen LogP contribution >= 0.6 is 22.6 Å². The quantitative estimate of drug-likeness (QED) is 0.356. The fraction of sp³-hybridized carbons (Fsp3) is 0.476. The fourth-order valence-electron chi connectivity index (χ4n) is 3.78. The molecule has 1 aromatic rings. The summed E-state index contributed by atoms with van der Waals surface area (Å²) in [5.74, 6) is -0.964. The van der Waals surface area contributed by atoms with Crippen LogP contribution < -0.4 is 0 Å². The number of halogens is 1. The predicted molar refractivity (Wildman–Crippen MR) is 110 cm³/mol. The molecule has 3 rings (SSSR count). The van der Waals surface area contributed by atoms with Crippen LogP contribution in [0.15, 0.2) is 40.5 Å². The van der Waals surface area contributed by atoms with Crippen molar-refractivity contribution in [3.8, 4) is 0 Å². The van der Waals surface area contributed by atoms with Crippen LogP contribution in [0.25, 0.3) is 0 Å². The number of ether oxygens (including phenoxy) is 1. The van der Waals surface area contributed by atoms with E-state index in [-0.39, 0.29) is 17.7 Å². The van der Waals surface area contributed by atoms with Crippen LogP contribution in [-0.4, -0.2) is 24.1 Å². The first-order valence-corrected chi connectivity index (χ1v) is 10.3. The summed E-state index contributed by atoms with van der Waals surface area (Å²) in [5, 5.41) is 0. The monoisotopic (exact) mass is 465 g/mol. The molecule has 1 aromatic carbocycles. The zero-order chi connectivity index (χ0) is 18.7. The van der Waals surface area contributed by atoms with Crippen molar-refractivity contribution in [2.75, 3.05) is 6.61 Å². The Bertz CT molecular complexity index is 781. The molecule has 1 unspecified atom stereocenters. The molecule has 0 bridgehead atoms. The molecule has 0 fully saturated rings. The maximum Gasteiger partial charge on any atom is 0.315 e. The van der Waals surface area contributed by atoms with Gasteiger partial charge in [0, 0.05) is 32.9 Å². The number of hydrogen-bond acceptors (Lipinski definition) is 4. The smallest absolute Gasteiger partial charge is 0.315 e. The van der Waals surface area contributed by atoms with E-state index in [1.54, 1.807) is 0 Å². The van der Waals surface area contributed by atoms with Crippen LogP contribution in [0.2, 0.25) is 0 Å². The first-order valence-electron chi connectivity index (χ1n) is 9.27. The summed E-state index contributed by atoms with van der Waals surface area (Å²) in [4.78, 5) is 30.4. The minimum absolute atomic E-state index is 0.124. The fourth-order valence-corrected chi connectivity index (χ4v) is 4.50. The Hall–Kier alpha value is -1.50. The first kappa shape index (κ1) is 19.3. The molecule has 2 atom stereocenters. The van der Waals surface area contributed by atoms with Gasteiger partial charge in [0.2, 0.25) is 0 Å². The Morgan fingerprint density at radius 3 is 2.81 bits per heavy atom. The van der Waals surface area contributed by atoms with Gasteiger partial charge in [-0.3, -0.25) is 14.6 Å². The lowest BCUT2D eigenvalue weighted by Gasteiger charge is -2.34. The van der Waals surface area contributed by atoms with Crippen molar-refractivity contribution in [1.82, 2.24) is 0 Å². The van der Waals surface area contributed by atoms with Crippen LogP contribution in [0.1, 0.15) is 57.4 Å². The van der Waals surface area contributed by atoms with Gasteiger partial charge in [0.25, 0.3) is 0 Å². The average molecular weight is 465 g/mol. The number of nitrogens with zero attached hydrogens (tertiary/aromatic N) is 1. The number of benzene rings is 1. The van der Waals surface area contributed by atoms with Gasteiger partial charge in [-0.25, -0.2) is 0 Å². The van der Waals surface area contributed by atoms with Gasteiger partial charge in [-0.1, -0.05) is 31.5 Å². The average Bonchev–Trinajstić information content (AvgIpc) is 2.61. The van der Waals surface area contributed by atoms with Gasteiger partial charge in [0.15, 0.2) is 5.78 Å². The number of Topliss-reactive ketones (excluding diaryl/α,β-unsaturated/α-hetero) is 1. The molecule has 0 amide bonds. The third-order valence-corrected chi connectivity index (χ3v) is 6.05. The molecule has 138 valence electrons. The van der Waals surface area contributed by atoms with E-state index in [1.807, 2.05) is 31.2 Å². The van der Waals surface area contributed by atoms with Crippen LogP contribution in [0.5, 0.6) is 0 Å². The van der Waals surface area contributed by atoms with Gasteiger partial charge < -0.3 is 4.74 Å². The summed E-state index contributed by atoms with van der Waals surface area (Å²) in [5.41, 5.74) is 3.36. The number of allylic oxidation sites excluding steroid dienone is 2. The summed E-state index contributed by atoms with van der Waals surface area (Å²) < 4.78 is 6.60. The molecule has 1 aliphatic carbocycles. The number of rotatable bonds is 5. The third-order valence-electron chi connectivity index (χ3n) is 5.07. The molecule has 0 spiro atoms. The normalized spacial score (nSPS) is 22.7. The molecule has 4 nitrogen and oxygen atoms in total. The minimum Gasteiger partial charge on any atom is -0.465 e. The van der Waals surface area contributed by atoms with Gasteiger partial charge in [0.1, 0.15) is 5.92 Å². The maximum atomic E-state index is 12.9. The predicted octanol–water partition coefficient (Wildman–Crippen LogP) is 4.82. The van der Waals surface area contributed by atoms with Crippen molar-refractivity contribution < 1.29 is 14.3 Å². The highest BCUT2D eigenvalue weighted by Gasteiger charge is 2.43. The van der Waals surface area contributed by atoms with Crippen LogP contribution in [0.4, 0.5) is 0 Å². The number of ketones is 1. The van der Waals surface area contributed by atoms with Crippen molar-refractivity contribution in [2.45, 2.75) is 51.9 Å². The van der Waals surface area contributed by atoms with E-state index < -0.39 is 5.92 Å². The summed E-state index contributed by atoms with van der Waals surface area (Å²) in [6.45, 7) is 4.36. The second-order valence-electron chi connectivity index (χ2n) is 6.89. The van der Waals surface area contributed by atoms with E-state index >= 15 is 0 Å². The zero-order valence-corrected chi connectivity index (χ0v) is 17.4. The maximum absolute atomic E-state index is 12.9. The lowest BCUT2D eigenvalue weighted by atomic mass is 9.72. The summed E-state index contributed by atoms with van der Waals surface area (Å²) >= 11 is 2.28. The molecule has 1 heterocycles. The number of carbonyl (C=O) groups excluding carboxylic acids is 2. The summed E-state index contributed by atoms with van der Waals surface area (Å²) in [6.07, 6.45) is 3.98. The molecule has 2 aliphatic rings. The molecule has 0 saturated heterocycles. The van der Waals surface area contributed by atoms with E-state index in [0.29, 0.717) is 13.0 Å². The standard InChI is InChI=1S/C21H24INO3/c1-3-4-12-26-21(25)18-13(2)23-16-10-7-11-17(24)20(16)19(18)14-8-5-6-9-15(14)22/h5-6,8-9,18-19H,3-4,7,10-12H2,1-2H3/t18?,19-/m1/s1. The molecule has 5 heteroatoms. The van der Waals surface area contributed by atoms with Crippen molar-refractivity contribution in [3.05, 3.63) is 44.7 Å². The summed E-state index contributed by atoms with van der Waals surface area (Å²) in [7, 11) is 0. The van der Waals surface area contributed by atoms with E-state index in [1.165, 1.54) is 0 Å². The number of unbranched alkanes of at least 4 members (excludes halogenated alkanes) is 1. The molecular formula is C21H24INO3. The molecule has 0 saturated carbocycles. The second-order valence-corrected chi connectivity index (χ2v) is 8.05. The van der Waals surface area contributed by atoms with Gasteiger partial charge in [-0.05, 0) is 60.4 Å². The van der Waals surface area contributed by atoms with Gasteiger partial charge in [0.05, 0.1) is 6.61 Å². The SMILES string of the molecule is CCCCOC(=O)C1C(C)=NC2=C(C(=O)CCC2)[C@@H]1c1ccccc1I. The Kier molecular flexibility index (Phi) is 6.27. The van der Waals surface area contributed by atoms with Crippen molar-refractivity contribution >= 4 is 40.1 Å². The van der Waals surface area contributed by atoms with E-state index in [9.17, 15) is 9.59 Å². The van der Waals surface area contributed by atoms with E-state index in [0.717, 1.165) is 51.8 Å². The highest BCUT2D eigenvalue weighted by Crippen LogP contribution is 2.44. The Balaban J connectivity index is 2.06. The number of aliphatic imine (C=N–C) groups is 1. The highest BCUT2D eigenvalue weighted by molar-refractivity contribution is 14.1. The Labute approximate surface area is 168 Å². The van der Waals surface area contributed by atoms with Crippen molar-refractivity contribution in [2.24, 2.45) is 10.9 Å². The lowest BCUT2D eigenvalue weighted by molar-refractivity contribution is -0.146. The Morgan fingerprint density at radius 1 is 1.31 bits per heavy atom. The molecule has 26 heavy (non-hydrogen) atoms. The van der Waals surface area contributed by atoms with Gasteiger partial charge in [-0.15, -0.1) is 0 Å². The van der Waals surface area contributed by atoms with Crippen LogP contribution in [0.3, 0.4) is 0 Å². The topological polar surface area (TPSA) is 55.7 Å². The second kappa shape index (κ2) is 8.46. The largest absolute Gasteiger partial charge is 0.465 e. The van der Waals surface area contributed by atoms with Crippen molar-refractivity contribution in [1.29, 1.82) is 0 Å². The van der Waals surface area contributed by atoms with E-state index in [2.05, 4.69) is 34.5 Å². The zero-order valence-electron chi connectivity index (χ0n) is 15.3. The third kappa shape index (κ3) is 3.77. The summed E-state index contributed by atoms with van der Waals surface area (Å²) in [6, 6.07) is 7.97. The number of hydrogen-bond donors (Lipinski definition) is 0. The lowest BCUT2D eigenvalue weighted by Crippen LogP contribution is -2.37. The number of carbonyl (C=O) groups is 2. The molecule has 0 aromatic heterocycles. The first-order chi connectivity index (χ1) is 12.5. The molecule has 0 N–H and O–H groups in total. The minimum atomic E-state index is -0.524. The molecule has 1 aliphatic heterocycles. The molecular weight excluding hydrogens is 441 g/mol. The van der Waals surface area contributed by atoms with Crippen LogP contribution in [0, 0.1) is 9.49 Å². The number of esters is 1. The van der Waals surface area contributed by atoms with Crippen molar-refractivity contribution in [3.63, 3.8) is 0 Å².